The normalized spacial score (nSPS) is 11.3. The first-order chi connectivity index (χ1) is 9.20. The molecule has 2 rings (SSSR count). The first kappa shape index (κ1) is 13.2. The molecule has 2 aromatic rings. The number of alkyl halides is 1. The quantitative estimate of drug-likeness (QED) is 0.305. The van der Waals surface area contributed by atoms with E-state index in [0.717, 1.165) is 5.69 Å². The third-order valence-electron chi connectivity index (χ3n) is 2.40. The Balaban J connectivity index is 2.21. The molecule has 0 amide bonds. The Morgan fingerprint density at radius 1 is 1.32 bits per heavy atom. The molecule has 0 fully saturated rings. The van der Waals surface area contributed by atoms with Crippen molar-refractivity contribution < 1.29 is 9.63 Å². The van der Waals surface area contributed by atoms with Crippen LogP contribution in [0.1, 0.15) is 5.56 Å². The smallest absolute Gasteiger partial charge is 0.349 e. The molecule has 5 nitrogen and oxygen atoms in total. The molecular formula is C13H12ClN3O2. The van der Waals surface area contributed by atoms with E-state index in [1.54, 1.807) is 6.07 Å². The van der Waals surface area contributed by atoms with Crippen LogP contribution in [0.15, 0.2) is 53.9 Å². The minimum atomic E-state index is -0.647. The summed E-state index contributed by atoms with van der Waals surface area (Å²) in [5, 5.41) is 3.54. The van der Waals surface area contributed by atoms with E-state index in [1.807, 2.05) is 47.3 Å². The molecule has 0 saturated heterocycles. The second-order valence-electron chi connectivity index (χ2n) is 3.71. The summed E-state index contributed by atoms with van der Waals surface area (Å²) in [6, 6.07) is 11.2. The van der Waals surface area contributed by atoms with Crippen molar-refractivity contribution in [2.75, 3.05) is 5.88 Å². The number of amidine groups is 1. The molecule has 1 aromatic carbocycles. The van der Waals surface area contributed by atoms with Crippen LogP contribution in [0.5, 0.6) is 0 Å². The molecule has 0 aliphatic rings. The monoisotopic (exact) mass is 277 g/mol. The molecule has 1 aromatic heterocycles. The molecule has 0 aliphatic heterocycles. The van der Waals surface area contributed by atoms with Gasteiger partial charge < -0.3 is 15.1 Å². The van der Waals surface area contributed by atoms with Crippen molar-refractivity contribution in [3.63, 3.8) is 0 Å². The summed E-state index contributed by atoms with van der Waals surface area (Å²) in [6.45, 7) is 0. The number of nitrogens with zero attached hydrogens (tertiary/aromatic N) is 2. The lowest BCUT2D eigenvalue weighted by molar-refractivity contribution is -0.140. The van der Waals surface area contributed by atoms with Crippen LogP contribution < -0.4 is 5.73 Å². The maximum Gasteiger partial charge on any atom is 0.349 e. The van der Waals surface area contributed by atoms with Gasteiger partial charge in [0.25, 0.3) is 0 Å². The fraction of sp³-hybridized carbons (Fsp3) is 0.0769. The molecule has 0 spiro atoms. The fourth-order valence-corrected chi connectivity index (χ4v) is 1.56. The molecule has 2 N–H and O–H groups in total. The van der Waals surface area contributed by atoms with Crippen molar-refractivity contribution in [2.24, 2.45) is 10.9 Å². The van der Waals surface area contributed by atoms with Crippen LogP contribution in [-0.4, -0.2) is 22.3 Å². The number of carbonyl (C=O) groups excluding carboxylic acids is 1. The van der Waals surface area contributed by atoms with Crippen molar-refractivity contribution in [2.45, 2.75) is 0 Å². The number of nitrogens with two attached hydrogens (primary N) is 1. The van der Waals surface area contributed by atoms with Gasteiger partial charge in [-0.2, -0.15) is 0 Å². The van der Waals surface area contributed by atoms with Crippen LogP contribution in [0.3, 0.4) is 0 Å². The van der Waals surface area contributed by atoms with Crippen LogP contribution >= 0.6 is 11.6 Å². The van der Waals surface area contributed by atoms with Crippen LogP contribution in [0.2, 0.25) is 0 Å². The average Bonchev–Trinajstić information content (AvgIpc) is 2.98. The van der Waals surface area contributed by atoms with Gasteiger partial charge in [0, 0.05) is 23.6 Å². The van der Waals surface area contributed by atoms with E-state index in [-0.39, 0.29) is 11.7 Å². The Bertz CT molecular complexity index is 594. The molecular weight excluding hydrogens is 266 g/mol. The highest BCUT2D eigenvalue weighted by Gasteiger charge is 2.04. The second-order valence-corrected chi connectivity index (χ2v) is 3.98. The Hall–Kier alpha value is -2.27. The second kappa shape index (κ2) is 6.06. The minimum absolute atomic E-state index is 0.118. The molecule has 0 unspecified atom stereocenters. The van der Waals surface area contributed by atoms with Gasteiger partial charge in [0.15, 0.2) is 5.84 Å². The zero-order chi connectivity index (χ0) is 13.7. The lowest BCUT2D eigenvalue weighted by Gasteiger charge is -2.05. The summed E-state index contributed by atoms with van der Waals surface area (Å²) in [7, 11) is 0. The lowest BCUT2D eigenvalue weighted by Crippen LogP contribution is -2.15. The molecule has 0 aliphatic carbocycles. The maximum absolute atomic E-state index is 10.9. The molecule has 0 saturated carbocycles. The zero-order valence-electron chi connectivity index (χ0n) is 9.99. The summed E-state index contributed by atoms with van der Waals surface area (Å²) in [4.78, 5) is 15.4. The highest BCUT2D eigenvalue weighted by atomic mass is 35.5. The van der Waals surface area contributed by atoms with E-state index >= 15 is 0 Å². The number of halogens is 1. The van der Waals surface area contributed by atoms with Gasteiger partial charge in [-0.25, -0.2) is 4.79 Å². The van der Waals surface area contributed by atoms with E-state index in [4.69, 9.17) is 17.3 Å². The highest BCUT2D eigenvalue weighted by Crippen LogP contribution is 2.10. The Labute approximate surface area is 115 Å². The standard InChI is InChI=1S/C13H12ClN3O2/c14-9-12(18)19-16-13(15)10-4-3-5-11(8-10)17-6-1-2-7-17/h1-8H,9H2,(H2,15,16). The third kappa shape index (κ3) is 3.35. The van der Waals surface area contributed by atoms with Crippen LogP contribution in [0, 0.1) is 0 Å². The molecule has 19 heavy (non-hydrogen) atoms. The van der Waals surface area contributed by atoms with E-state index in [1.165, 1.54) is 0 Å². The maximum atomic E-state index is 10.9. The number of rotatable bonds is 4. The summed E-state index contributed by atoms with van der Waals surface area (Å²) >= 11 is 5.29. The summed E-state index contributed by atoms with van der Waals surface area (Å²) < 4.78 is 1.93. The fourth-order valence-electron chi connectivity index (χ4n) is 1.51. The van der Waals surface area contributed by atoms with Gasteiger partial charge in [0.2, 0.25) is 0 Å². The number of oxime groups is 1. The lowest BCUT2D eigenvalue weighted by atomic mass is 10.2. The van der Waals surface area contributed by atoms with Crippen molar-refractivity contribution in [1.29, 1.82) is 0 Å². The van der Waals surface area contributed by atoms with E-state index < -0.39 is 5.97 Å². The van der Waals surface area contributed by atoms with Gasteiger partial charge in [-0.05, 0) is 24.3 Å². The van der Waals surface area contributed by atoms with Crippen molar-refractivity contribution in [3.05, 3.63) is 54.4 Å². The Morgan fingerprint density at radius 2 is 2.05 bits per heavy atom. The Kier molecular flexibility index (Phi) is 4.20. The van der Waals surface area contributed by atoms with Gasteiger partial charge >= 0.3 is 5.97 Å². The third-order valence-corrected chi connectivity index (χ3v) is 2.62. The van der Waals surface area contributed by atoms with E-state index in [2.05, 4.69) is 9.99 Å². The number of aromatic nitrogens is 1. The van der Waals surface area contributed by atoms with Gasteiger partial charge in [0.05, 0.1) is 0 Å². The van der Waals surface area contributed by atoms with Crippen LogP contribution in [0.4, 0.5) is 0 Å². The molecule has 0 radical (unpaired) electrons. The molecule has 98 valence electrons. The first-order valence-electron chi connectivity index (χ1n) is 5.54. The van der Waals surface area contributed by atoms with Crippen LogP contribution in [0.25, 0.3) is 5.69 Å². The van der Waals surface area contributed by atoms with Crippen molar-refractivity contribution >= 4 is 23.4 Å². The number of benzene rings is 1. The SMILES string of the molecule is N/C(=N\OC(=O)CCl)c1cccc(-n2cccc2)c1. The largest absolute Gasteiger partial charge is 0.380 e. The summed E-state index contributed by atoms with van der Waals surface area (Å²) in [6.07, 6.45) is 3.83. The number of hydrogen-bond acceptors (Lipinski definition) is 3. The van der Waals surface area contributed by atoms with Crippen molar-refractivity contribution in [1.82, 2.24) is 4.57 Å². The molecule has 0 bridgehead atoms. The topological polar surface area (TPSA) is 69.6 Å². The first-order valence-corrected chi connectivity index (χ1v) is 6.07. The number of carbonyl (C=O) groups is 1. The van der Waals surface area contributed by atoms with Gasteiger partial charge in [0.1, 0.15) is 5.88 Å². The zero-order valence-corrected chi connectivity index (χ0v) is 10.7. The van der Waals surface area contributed by atoms with Crippen LogP contribution in [-0.2, 0) is 9.63 Å². The molecule has 6 heteroatoms. The van der Waals surface area contributed by atoms with E-state index in [9.17, 15) is 4.79 Å². The summed E-state index contributed by atoms with van der Waals surface area (Å²) in [5.41, 5.74) is 7.34. The predicted octanol–water partition coefficient (Wildman–Crippen LogP) is 1.88. The van der Waals surface area contributed by atoms with Crippen molar-refractivity contribution in [3.8, 4) is 5.69 Å². The molecule has 1 heterocycles. The van der Waals surface area contributed by atoms with Gasteiger partial charge in [-0.3, -0.25) is 0 Å². The van der Waals surface area contributed by atoms with E-state index in [0.29, 0.717) is 5.56 Å². The predicted molar refractivity (Wildman–Crippen MR) is 73.3 cm³/mol. The van der Waals surface area contributed by atoms with Gasteiger partial charge in [-0.1, -0.05) is 17.3 Å². The summed E-state index contributed by atoms with van der Waals surface area (Å²) in [5.74, 6) is -0.793. The average molecular weight is 278 g/mol. The minimum Gasteiger partial charge on any atom is -0.380 e. The molecule has 0 atom stereocenters. The number of hydrogen-bond donors (Lipinski definition) is 1. The highest BCUT2D eigenvalue weighted by molar-refractivity contribution is 6.26. The van der Waals surface area contributed by atoms with Gasteiger partial charge in [-0.15, -0.1) is 11.6 Å². The Morgan fingerprint density at radius 3 is 2.74 bits per heavy atom.